The summed E-state index contributed by atoms with van der Waals surface area (Å²) in [5, 5.41) is 9.59. The van der Waals surface area contributed by atoms with E-state index in [1.165, 1.54) is 7.11 Å². The minimum absolute atomic E-state index is 0.0361. The zero-order chi connectivity index (χ0) is 21.1. The van der Waals surface area contributed by atoms with E-state index in [1.54, 1.807) is 12.1 Å². The summed E-state index contributed by atoms with van der Waals surface area (Å²) in [6.07, 6.45) is 3.73. The Morgan fingerprint density at radius 3 is 2.50 bits per heavy atom. The van der Waals surface area contributed by atoms with Crippen molar-refractivity contribution >= 4 is 23.4 Å². The number of carbonyl (C=O) groups excluding carboxylic acids is 2. The lowest BCUT2D eigenvalue weighted by Crippen LogP contribution is -2.41. The fourth-order valence-corrected chi connectivity index (χ4v) is 4.48. The first-order valence-corrected chi connectivity index (χ1v) is 10.4. The first kappa shape index (κ1) is 20.3. The predicted molar refractivity (Wildman–Crippen MR) is 115 cm³/mol. The maximum Gasteiger partial charge on any atom is 0.308 e. The van der Waals surface area contributed by atoms with Crippen LogP contribution in [0.5, 0.6) is 0 Å². The standard InChI is InChI=1S/C24H26N2O4/c1-30-24(29)18-9-11-20(12-10-18)26-21-13-16(15-27)7-8-19(21)14-22(26)25-23(28)17-5-3-2-4-6-17/h2-8,13,18,20,27H,9-12,14-15H2,1H3. The largest absolute Gasteiger partial charge is 0.469 e. The molecule has 1 amide bonds. The van der Waals surface area contributed by atoms with Gasteiger partial charge < -0.3 is 14.7 Å². The van der Waals surface area contributed by atoms with Crippen molar-refractivity contribution in [3.05, 3.63) is 65.2 Å². The van der Waals surface area contributed by atoms with Crippen molar-refractivity contribution in [2.24, 2.45) is 10.9 Å². The van der Waals surface area contributed by atoms with Crippen molar-refractivity contribution in [2.75, 3.05) is 12.0 Å². The summed E-state index contributed by atoms with van der Waals surface area (Å²) in [4.78, 5) is 31.3. The maximum atomic E-state index is 12.8. The molecule has 1 aliphatic carbocycles. The van der Waals surface area contributed by atoms with Crippen LogP contribution in [0.4, 0.5) is 5.69 Å². The number of aliphatic hydroxyl groups is 1. The summed E-state index contributed by atoms with van der Waals surface area (Å²) in [7, 11) is 1.43. The van der Waals surface area contributed by atoms with E-state index < -0.39 is 0 Å². The highest BCUT2D eigenvalue weighted by Gasteiger charge is 2.36. The molecule has 6 heteroatoms. The number of ether oxygens (including phenoxy) is 1. The Bertz CT molecular complexity index is 962. The third-order valence-corrected chi connectivity index (χ3v) is 6.07. The van der Waals surface area contributed by atoms with E-state index >= 15 is 0 Å². The molecule has 0 saturated heterocycles. The normalized spacial score (nSPS) is 22.1. The second kappa shape index (κ2) is 8.79. The maximum absolute atomic E-state index is 12.8. The molecule has 2 aromatic carbocycles. The van der Waals surface area contributed by atoms with Gasteiger partial charge >= 0.3 is 5.97 Å². The molecule has 1 fully saturated rings. The average molecular weight is 406 g/mol. The van der Waals surface area contributed by atoms with Crippen molar-refractivity contribution in [3.8, 4) is 0 Å². The Hall–Kier alpha value is -2.99. The van der Waals surface area contributed by atoms with Gasteiger partial charge in [0.15, 0.2) is 0 Å². The first-order chi connectivity index (χ1) is 14.6. The Balaban J connectivity index is 1.64. The highest BCUT2D eigenvalue weighted by molar-refractivity contribution is 6.12. The van der Waals surface area contributed by atoms with Crippen LogP contribution in [0.15, 0.2) is 53.5 Å². The molecule has 0 unspecified atom stereocenters. The molecular weight excluding hydrogens is 380 g/mol. The minimum atomic E-state index is -0.256. The highest BCUT2D eigenvalue weighted by atomic mass is 16.5. The topological polar surface area (TPSA) is 79.2 Å². The number of fused-ring (bicyclic) bond motifs is 1. The molecule has 0 bridgehead atoms. The second-order valence-electron chi connectivity index (χ2n) is 7.90. The number of rotatable bonds is 4. The van der Waals surface area contributed by atoms with E-state index in [1.807, 2.05) is 36.4 Å². The number of amides is 1. The number of amidine groups is 1. The lowest BCUT2D eigenvalue weighted by Gasteiger charge is -2.35. The van der Waals surface area contributed by atoms with Gasteiger partial charge in [0.25, 0.3) is 5.91 Å². The summed E-state index contributed by atoms with van der Waals surface area (Å²) in [5.74, 6) is 0.263. The Labute approximate surface area is 176 Å². The lowest BCUT2D eigenvalue weighted by atomic mass is 9.85. The van der Waals surface area contributed by atoms with Crippen molar-refractivity contribution in [2.45, 2.75) is 44.8 Å². The van der Waals surface area contributed by atoms with Crippen LogP contribution >= 0.6 is 0 Å². The van der Waals surface area contributed by atoms with Gasteiger partial charge in [-0.3, -0.25) is 9.59 Å². The zero-order valence-corrected chi connectivity index (χ0v) is 17.1. The lowest BCUT2D eigenvalue weighted by molar-refractivity contribution is -0.146. The number of hydrogen-bond donors (Lipinski definition) is 1. The Morgan fingerprint density at radius 1 is 1.10 bits per heavy atom. The average Bonchev–Trinajstić information content (AvgIpc) is 3.15. The fraction of sp³-hybridized carbons (Fsp3) is 0.375. The molecule has 0 atom stereocenters. The van der Waals surface area contributed by atoms with Gasteiger partial charge in [0.1, 0.15) is 5.84 Å². The monoisotopic (exact) mass is 406 g/mol. The minimum Gasteiger partial charge on any atom is -0.469 e. The van der Waals surface area contributed by atoms with E-state index in [9.17, 15) is 14.7 Å². The molecule has 1 aliphatic heterocycles. The van der Waals surface area contributed by atoms with Crippen molar-refractivity contribution in [1.82, 2.24) is 0 Å². The number of anilines is 1. The molecule has 1 saturated carbocycles. The van der Waals surface area contributed by atoms with E-state index in [0.29, 0.717) is 12.0 Å². The number of carbonyl (C=O) groups is 2. The molecule has 6 nitrogen and oxygen atoms in total. The second-order valence-corrected chi connectivity index (χ2v) is 7.90. The quantitative estimate of drug-likeness (QED) is 0.786. The molecule has 0 radical (unpaired) electrons. The van der Waals surface area contributed by atoms with E-state index in [0.717, 1.165) is 48.3 Å². The van der Waals surface area contributed by atoms with E-state index in [2.05, 4.69) is 9.89 Å². The summed E-state index contributed by atoms with van der Waals surface area (Å²) >= 11 is 0. The van der Waals surface area contributed by atoms with Gasteiger partial charge in [-0.05, 0) is 55.0 Å². The van der Waals surface area contributed by atoms with Crippen LogP contribution in [0.3, 0.4) is 0 Å². The van der Waals surface area contributed by atoms with Crippen LogP contribution in [0.2, 0.25) is 0 Å². The van der Waals surface area contributed by atoms with Gasteiger partial charge in [-0.25, -0.2) is 0 Å². The van der Waals surface area contributed by atoms with Gasteiger partial charge in [-0.1, -0.05) is 30.3 Å². The van der Waals surface area contributed by atoms with Crippen LogP contribution in [0.25, 0.3) is 0 Å². The Morgan fingerprint density at radius 2 is 1.83 bits per heavy atom. The van der Waals surface area contributed by atoms with Gasteiger partial charge in [0.2, 0.25) is 0 Å². The molecule has 2 aliphatic rings. The summed E-state index contributed by atoms with van der Waals surface area (Å²) in [6.45, 7) is -0.0361. The first-order valence-electron chi connectivity index (χ1n) is 10.4. The van der Waals surface area contributed by atoms with Gasteiger partial charge in [-0.2, -0.15) is 4.99 Å². The number of methoxy groups -OCH3 is 1. The number of nitrogens with zero attached hydrogens (tertiary/aromatic N) is 2. The van der Waals surface area contributed by atoms with Crippen LogP contribution in [-0.4, -0.2) is 36.0 Å². The van der Waals surface area contributed by atoms with Crippen LogP contribution < -0.4 is 4.90 Å². The van der Waals surface area contributed by atoms with Crippen molar-refractivity contribution < 1.29 is 19.4 Å². The molecule has 0 spiro atoms. The molecule has 2 aromatic rings. The summed E-state index contributed by atoms with van der Waals surface area (Å²) in [6, 6.07) is 15.1. The van der Waals surface area contributed by atoms with E-state index in [-0.39, 0.29) is 30.4 Å². The molecule has 4 rings (SSSR count). The summed E-state index contributed by atoms with van der Waals surface area (Å²) < 4.78 is 4.91. The van der Waals surface area contributed by atoms with Gasteiger partial charge in [0, 0.05) is 23.7 Å². The Kier molecular flexibility index (Phi) is 5.95. The molecular formula is C24H26N2O4. The number of benzene rings is 2. The number of esters is 1. The molecule has 0 aromatic heterocycles. The predicted octanol–water partition coefficient (Wildman–Crippen LogP) is 3.51. The number of aliphatic hydroxyl groups excluding tert-OH is 1. The molecule has 30 heavy (non-hydrogen) atoms. The van der Waals surface area contributed by atoms with Crippen LogP contribution in [0, 0.1) is 5.92 Å². The van der Waals surface area contributed by atoms with Crippen LogP contribution in [-0.2, 0) is 22.6 Å². The fourth-order valence-electron chi connectivity index (χ4n) is 4.48. The number of hydrogen-bond acceptors (Lipinski definition) is 4. The number of aliphatic imine (C=N–C) groups is 1. The highest BCUT2D eigenvalue weighted by Crippen LogP contribution is 2.38. The third-order valence-electron chi connectivity index (χ3n) is 6.07. The van der Waals surface area contributed by atoms with Gasteiger partial charge in [-0.15, -0.1) is 0 Å². The van der Waals surface area contributed by atoms with Gasteiger partial charge in [0.05, 0.1) is 19.6 Å². The molecule has 1 heterocycles. The SMILES string of the molecule is COC(=O)C1CCC(N2C(=NC(=O)c3ccccc3)Cc3ccc(CO)cc32)CC1. The molecule has 156 valence electrons. The van der Waals surface area contributed by atoms with Crippen molar-refractivity contribution in [3.63, 3.8) is 0 Å². The van der Waals surface area contributed by atoms with Crippen LogP contribution in [0.1, 0.15) is 47.2 Å². The smallest absolute Gasteiger partial charge is 0.308 e. The van der Waals surface area contributed by atoms with E-state index in [4.69, 9.17) is 4.74 Å². The molecule has 1 N–H and O–H groups in total. The van der Waals surface area contributed by atoms with Crippen molar-refractivity contribution in [1.29, 1.82) is 0 Å². The third kappa shape index (κ3) is 4.00. The summed E-state index contributed by atoms with van der Waals surface area (Å²) in [5.41, 5.74) is 3.49. The zero-order valence-electron chi connectivity index (χ0n) is 17.1.